The number of furan rings is 1. The van der Waals surface area contributed by atoms with Crippen LogP contribution in [0.15, 0.2) is 47.1 Å². The molecule has 144 valence electrons. The van der Waals surface area contributed by atoms with Gasteiger partial charge in [0, 0.05) is 6.61 Å². The van der Waals surface area contributed by atoms with E-state index in [2.05, 4.69) is 5.32 Å². The number of esters is 1. The molecule has 0 radical (unpaired) electrons. The van der Waals surface area contributed by atoms with E-state index in [4.69, 9.17) is 18.6 Å². The lowest BCUT2D eigenvalue weighted by Gasteiger charge is -2.12. The lowest BCUT2D eigenvalue weighted by atomic mass is 10.2. The second-order valence-electron chi connectivity index (χ2n) is 6.35. The van der Waals surface area contributed by atoms with E-state index in [0.717, 1.165) is 19.4 Å². The van der Waals surface area contributed by atoms with Crippen molar-refractivity contribution in [3.8, 4) is 5.75 Å². The summed E-state index contributed by atoms with van der Waals surface area (Å²) < 4.78 is 21.4. The SMILES string of the molecule is C[C@@H](NC(=O)COC(=O)c1ccc(OC[C@@H]2CCCO2)cc1)c1ccco1. The highest BCUT2D eigenvalue weighted by molar-refractivity contribution is 5.91. The molecule has 0 spiro atoms. The second kappa shape index (κ2) is 9.23. The van der Waals surface area contributed by atoms with Gasteiger partial charge in [0.05, 0.1) is 24.0 Å². The molecule has 1 aliphatic heterocycles. The van der Waals surface area contributed by atoms with Crippen molar-refractivity contribution in [2.75, 3.05) is 19.8 Å². The molecule has 1 amide bonds. The summed E-state index contributed by atoms with van der Waals surface area (Å²) in [5.41, 5.74) is 0.353. The van der Waals surface area contributed by atoms with Crippen molar-refractivity contribution >= 4 is 11.9 Å². The maximum absolute atomic E-state index is 12.1. The number of hydrogen-bond acceptors (Lipinski definition) is 6. The van der Waals surface area contributed by atoms with Gasteiger partial charge in [0.15, 0.2) is 6.61 Å². The summed E-state index contributed by atoms with van der Waals surface area (Å²) >= 11 is 0. The van der Waals surface area contributed by atoms with Gasteiger partial charge in [0.2, 0.25) is 0 Å². The van der Waals surface area contributed by atoms with E-state index in [1.165, 1.54) is 6.26 Å². The molecule has 0 unspecified atom stereocenters. The molecule has 1 aromatic carbocycles. The maximum atomic E-state index is 12.1. The second-order valence-corrected chi connectivity index (χ2v) is 6.35. The molecule has 7 nitrogen and oxygen atoms in total. The highest BCUT2D eigenvalue weighted by Gasteiger charge is 2.17. The topological polar surface area (TPSA) is 87.0 Å². The number of amides is 1. The highest BCUT2D eigenvalue weighted by Crippen LogP contribution is 2.17. The lowest BCUT2D eigenvalue weighted by molar-refractivity contribution is -0.125. The third-order valence-corrected chi connectivity index (χ3v) is 4.23. The Morgan fingerprint density at radius 2 is 2.07 bits per heavy atom. The zero-order chi connectivity index (χ0) is 19.1. The van der Waals surface area contributed by atoms with Crippen LogP contribution < -0.4 is 10.1 Å². The summed E-state index contributed by atoms with van der Waals surface area (Å²) in [5, 5.41) is 2.70. The normalized spacial score (nSPS) is 17.3. The summed E-state index contributed by atoms with van der Waals surface area (Å²) in [6.07, 6.45) is 3.74. The first-order valence-corrected chi connectivity index (χ1v) is 8.96. The van der Waals surface area contributed by atoms with Crippen molar-refractivity contribution in [1.82, 2.24) is 5.32 Å². The highest BCUT2D eigenvalue weighted by atomic mass is 16.5. The lowest BCUT2D eigenvalue weighted by Crippen LogP contribution is -2.30. The van der Waals surface area contributed by atoms with Crippen LogP contribution in [0.5, 0.6) is 5.75 Å². The van der Waals surface area contributed by atoms with E-state index in [1.54, 1.807) is 43.3 Å². The Morgan fingerprint density at radius 3 is 2.74 bits per heavy atom. The van der Waals surface area contributed by atoms with Gasteiger partial charge in [-0.2, -0.15) is 0 Å². The van der Waals surface area contributed by atoms with E-state index in [9.17, 15) is 9.59 Å². The van der Waals surface area contributed by atoms with Crippen LogP contribution in [0.3, 0.4) is 0 Å². The van der Waals surface area contributed by atoms with Crippen LogP contribution in [0.2, 0.25) is 0 Å². The minimum Gasteiger partial charge on any atom is -0.491 e. The van der Waals surface area contributed by atoms with E-state index in [1.807, 2.05) is 0 Å². The third kappa shape index (κ3) is 5.59. The number of ether oxygens (including phenoxy) is 3. The summed E-state index contributed by atoms with van der Waals surface area (Å²) in [5.74, 6) is 0.325. The Bertz CT molecular complexity index is 734. The average Bonchev–Trinajstić information content (AvgIpc) is 3.38. The van der Waals surface area contributed by atoms with Crippen molar-refractivity contribution in [1.29, 1.82) is 0 Å². The third-order valence-electron chi connectivity index (χ3n) is 4.23. The van der Waals surface area contributed by atoms with Gasteiger partial charge in [-0.3, -0.25) is 4.79 Å². The molecule has 1 saturated heterocycles. The van der Waals surface area contributed by atoms with E-state index < -0.39 is 11.9 Å². The van der Waals surface area contributed by atoms with Crippen LogP contribution >= 0.6 is 0 Å². The van der Waals surface area contributed by atoms with Crippen molar-refractivity contribution in [3.05, 3.63) is 54.0 Å². The Hall–Kier alpha value is -2.80. The minimum absolute atomic E-state index is 0.136. The number of rotatable bonds is 8. The Morgan fingerprint density at radius 1 is 1.26 bits per heavy atom. The Balaban J connectivity index is 1.41. The first-order valence-electron chi connectivity index (χ1n) is 8.96. The van der Waals surface area contributed by atoms with Gasteiger partial charge in [-0.15, -0.1) is 0 Å². The monoisotopic (exact) mass is 373 g/mol. The van der Waals surface area contributed by atoms with Crippen molar-refractivity contribution in [3.63, 3.8) is 0 Å². The number of hydrogen-bond donors (Lipinski definition) is 1. The van der Waals surface area contributed by atoms with Gasteiger partial charge in [-0.25, -0.2) is 4.79 Å². The van der Waals surface area contributed by atoms with Gasteiger partial charge in [-0.1, -0.05) is 0 Å². The smallest absolute Gasteiger partial charge is 0.338 e. The molecule has 7 heteroatoms. The molecule has 1 fully saturated rings. The number of carbonyl (C=O) groups excluding carboxylic acids is 2. The molecule has 0 saturated carbocycles. The molecule has 1 aromatic heterocycles. The van der Waals surface area contributed by atoms with E-state index in [0.29, 0.717) is 23.7 Å². The summed E-state index contributed by atoms with van der Waals surface area (Å²) in [6.45, 7) is 2.71. The zero-order valence-corrected chi connectivity index (χ0v) is 15.2. The van der Waals surface area contributed by atoms with Crippen LogP contribution in [-0.2, 0) is 14.3 Å². The van der Waals surface area contributed by atoms with Gasteiger partial charge < -0.3 is 23.9 Å². The predicted molar refractivity (Wildman–Crippen MR) is 96.5 cm³/mol. The molecule has 2 aromatic rings. The fraction of sp³-hybridized carbons (Fsp3) is 0.400. The van der Waals surface area contributed by atoms with Crippen LogP contribution in [0.4, 0.5) is 0 Å². The zero-order valence-electron chi connectivity index (χ0n) is 15.2. The number of carbonyl (C=O) groups is 2. The van der Waals surface area contributed by atoms with Crippen LogP contribution in [0.1, 0.15) is 41.9 Å². The van der Waals surface area contributed by atoms with Gasteiger partial charge >= 0.3 is 5.97 Å². The molecule has 0 bridgehead atoms. The van der Waals surface area contributed by atoms with Crippen LogP contribution in [-0.4, -0.2) is 37.8 Å². The summed E-state index contributed by atoms with van der Waals surface area (Å²) in [4.78, 5) is 23.9. The van der Waals surface area contributed by atoms with Gasteiger partial charge in [-0.05, 0) is 56.2 Å². The molecule has 1 N–H and O–H groups in total. The first kappa shape index (κ1) is 19.0. The standard InChI is InChI=1S/C20H23NO6/c1-14(18-5-3-11-25-18)21-19(22)13-27-20(23)15-6-8-16(9-7-15)26-12-17-4-2-10-24-17/h3,5-9,11,14,17H,2,4,10,12-13H2,1H3,(H,21,22)/t14-,17+/m1/s1. The van der Waals surface area contributed by atoms with E-state index >= 15 is 0 Å². The Kier molecular flexibility index (Phi) is 6.49. The molecule has 27 heavy (non-hydrogen) atoms. The minimum atomic E-state index is -0.568. The largest absolute Gasteiger partial charge is 0.491 e. The maximum Gasteiger partial charge on any atom is 0.338 e. The van der Waals surface area contributed by atoms with E-state index in [-0.39, 0.29) is 18.8 Å². The summed E-state index contributed by atoms with van der Waals surface area (Å²) in [7, 11) is 0. The molecule has 0 aliphatic carbocycles. The molecule has 2 atom stereocenters. The number of benzene rings is 1. The molecular weight excluding hydrogens is 350 g/mol. The molecule has 1 aliphatic rings. The fourth-order valence-electron chi connectivity index (χ4n) is 2.76. The number of nitrogens with one attached hydrogen (secondary N) is 1. The van der Waals surface area contributed by atoms with Gasteiger partial charge in [0.1, 0.15) is 18.1 Å². The Labute approximate surface area is 157 Å². The first-order chi connectivity index (χ1) is 13.1. The van der Waals surface area contributed by atoms with Crippen LogP contribution in [0, 0.1) is 0 Å². The molecule has 3 rings (SSSR count). The fourth-order valence-corrected chi connectivity index (χ4v) is 2.76. The quantitative estimate of drug-likeness (QED) is 0.716. The van der Waals surface area contributed by atoms with Crippen LogP contribution in [0.25, 0.3) is 0 Å². The van der Waals surface area contributed by atoms with Gasteiger partial charge in [0.25, 0.3) is 5.91 Å². The van der Waals surface area contributed by atoms with Crippen molar-refractivity contribution in [2.45, 2.75) is 31.9 Å². The molecule has 2 heterocycles. The predicted octanol–water partition coefficient (Wildman–Crippen LogP) is 2.87. The average molecular weight is 373 g/mol. The molecular formula is C20H23NO6. The van der Waals surface area contributed by atoms with Crippen molar-refractivity contribution in [2.24, 2.45) is 0 Å². The van der Waals surface area contributed by atoms with Crippen molar-refractivity contribution < 1.29 is 28.2 Å². The summed E-state index contributed by atoms with van der Waals surface area (Å²) in [6, 6.07) is 9.82.